The van der Waals surface area contributed by atoms with Gasteiger partial charge in [0, 0.05) is 23.8 Å². The third-order valence-corrected chi connectivity index (χ3v) is 6.60. The van der Waals surface area contributed by atoms with E-state index in [0.29, 0.717) is 5.41 Å². The highest BCUT2D eigenvalue weighted by atomic mass is 14.8. The van der Waals surface area contributed by atoms with Crippen molar-refractivity contribution in [3.63, 3.8) is 0 Å². The van der Waals surface area contributed by atoms with E-state index < -0.39 is 0 Å². The molecule has 4 rings (SSSR count). The van der Waals surface area contributed by atoms with Gasteiger partial charge in [0.1, 0.15) is 0 Å². The van der Waals surface area contributed by atoms with Crippen LogP contribution in [0.1, 0.15) is 47.6 Å². The van der Waals surface area contributed by atoms with Crippen molar-refractivity contribution < 1.29 is 0 Å². The zero-order chi connectivity index (χ0) is 22.6. The van der Waals surface area contributed by atoms with E-state index >= 15 is 0 Å². The van der Waals surface area contributed by atoms with E-state index in [2.05, 4.69) is 87.3 Å². The van der Waals surface area contributed by atoms with E-state index in [1.807, 2.05) is 20.0 Å². The molecule has 31 heavy (non-hydrogen) atoms. The van der Waals surface area contributed by atoms with Gasteiger partial charge in [0.15, 0.2) is 0 Å². The van der Waals surface area contributed by atoms with Crippen LogP contribution in [0.15, 0.2) is 67.3 Å². The first-order chi connectivity index (χ1) is 14.8. The Morgan fingerprint density at radius 2 is 1.61 bits per heavy atom. The molecular formula is C29H36N2. The van der Waals surface area contributed by atoms with Crippen LogP contribution in [0, 0.1) is 20.8 Å². The number of nitrogen functional groups attached to an aromatic ring is 1. The average molecular weight is 413 g/mol. The van der Waals surface area contributed by atoms with Crippen LogP contribution in [-0.4, -0.2) is 7.05 Å². The molecule has 162 valence electrons. The standard InChI is InChI=1S/C15H18N2.C14H18/c1-10-5-7-13(17-3)9-14(10)12-6-4-11(2)15(16)8-12;1-4-12-10-13(7-6-11(12)3)14(5-2)8-9-14/h4-9,17H,16H2,1-3H3;5-7,10H,2,4,8-9H2,1,3H3. The van der Waals surface area contributed by atoms with Gasteiger partial charge in [0.05, 0.1) is 0 Å². The van der Waals surface area contributed by atoms with Gasteiger partial charge in [-0.05, 0) is 97.2 Å². The number of allylic oxidation sites excluding steroid dienone is 1. The van der Waals surface area contributed by atoms with Crippen LogP contribution in [0.5, 0.6) is 0 Å². The lowest BCUT2D eigenvalue weighted by Gasteiger charge is -2.13. The topological polar surface area (TPSA) is 38.0 Å². The Balaban J connectivity index is 0.000000179. The largest absolute Gasteiger partial charge is 0.398 e. The second-order valence-electron chi connectivity index (χ2n) is 8.71. The van der Waals surface area contributed by atoms with Crippen molar-refractivity contribution in [2.45, 2.75) is 52.4 Å². The summed E-state index contributed by atoms with van der Waals surface area (Å²) < 4.78 is 0. The van der Waals surface area contributed by atoms with Crippen LogP contribution in [0.25, 0.3) is 11.1 Å². The lowest BCUT2D eigenvalue weighted by molar-refractivity contribution is 0.886. The minimum absolute atomic E-state index is 0.331. The molecule has 0 aromatic heterocycles. The first-order valence-corrected chi connectivity index (χ1v) is 11.2. The van der Waals surface area contributed by atoms with Gasteiger partial charge < -0.3 is 11.1 Å². The highest BCUT2D eigenvalue weighted by molar-refractivity contribution is 5.74. The summed E-state index contributed by atoms with van der Waals surface area (Å²) in [4.78, 5) is 0. The molecule has 0 aliphatic heterocycles. The van der Waals surface area contributed by atoms with Gasteiger partial charge >= 0.3 is 0 Å². The fourth-order valence-corrected chi connectivity index (χ4v) is 4.00. The zero-order valence-corrected chi connectivity index (χ0v) is 19.7. The molecule has 3 aromatic carbocycles. The van der Waals surface area contributed by atoms with Gasteiger partial charge in [-0.25, -0.2) is 0 Å². The molecule has 1 aliphatic rings. The molecule has 0 unspecified atom stereocenters. The molecule has 0 bridgehead atoms. The molecular weight excluding hydrogens is 376 g/mol. The second-order valence-corrected chi connectivity index (χ2v) is 8.71. The summed E-state index contributed by atoms with van der Waals surface area (Å²) in [5.74, 6) is 0. The molecule has 1 fully saturated rings. The molecule has 0 atom stereocenters. The number of anilines is 2. The normalized spacial score (nSPS) is 13.7. The van der Waals surface area contributed by atoms with Crippen LogP contribution < -0.4 is 11.1 Å². The van der Waals surface area contributed by atoms with Gasteiger partial charge in [-0.3, -0.25) is 0 Å². The molecule has 1 aliphatic carbocycles. The smallest absolute Gasteiger partial charge is 0.0349 e. The molecule has 2 heteroatoms. The van der Waals surface area contributed by atoms with E-state index in [1.165, 1.54) is 46.2 Å². The van der Waals surface area contributed by atoms with Crippen LogP contribution in [-0.2, 0) is 11.8 Å². The van der Waals surface area contributed by atoms with Crippen molar-refractivity contribution in [2.75, 3.05) is 18.1 Å². The minimum atomic E-state index is 0.331. The average Bonchev–Trinajstić information content (AvgIpc) is 3.58. The molecule has 2 nitrogen and oxygen atoms in total. The number of rotatable bonds is 5. The van der Waals surface area contributed by atoms with Crippen LogP contribution in [0.4, 0.5) is 11.4 Å². The second kappa shape index (κ2) is 9.43. The maximum Gasteiger partial charge on any atom is 0.0349 e. The Morgan fingerprint density at radius 1 is 0.935 bits per heavy atom. The zero-order valence-electron chi connectivity index (χ0n) is 19.7. The molecule has 0 spiro atoms. The van der Waals surface area contributed by atoms with Gasteiger partial charge in [-0.2, -0.15) is 0 Å². The van der Waals surface area contributed by atoms with Crippen molar-refractivity contribution in [2.24, 2.45) is 0 Å². The number of nitrogens with one attached hydrogen (secondary N) is 1. The SMILES string of the molecule is C=CC1(c2ccc(C)c(CC)c2)CC1.CNc1ccc(C)c(-c2ccc(C)c(N)c2)c1. The first kappa shape index (κ1) is 22.7. The van der Waals surface area contributed by atoms with E-state index in [-0.39, 0.29) is 0 Å². The Labute approximate surface area is 188 Å². The summed E-state index contributed by atoms with van der Waals surface area (Å²) in [5.41, 5.74) is 17.4. The van der Waals surface area contributed by atoms with E-state index in [4.69, 9.17) is 5.73 Å². The Hall–Kier alpha value is -3.00. The fourth-order valence-electron chi connectivity index (χ4n) is 4.00. The Kier molecular flexibility index (Phi) is 6.90. The van der Waals surface area contributed by atoms with Gasteiger partial charge in [0.25, 0.3) is 0 Å². The molecule has 3 N–H and O–H groups in total. The number of nitrogens with two attached hydrogens (primary N) is 1. The Morgan fingerprint density at radius 3 is 2.19 bits per heavy atom. The summed E-state index contributed by atoms with van der Waals surface area (Å²) in [6.45, 7) is 12.5. The van der Waals surface area contributed by atoms with Crippen molar-refractivity contribution in [3.8, 4) is 11.1 Å². The van der Waals surface area contributed by atoms with Gasteiger partial charge in [-0.15, -0.1) is 6.58 Å². The maximum atomic E-state index is 5.96. The van der Waals surface area contributed by atoms with Crippen molar-refractivity contribution in [3.05, 3.63) is 95.1 Å². The number of benzene rings is 3. The third-order valence-electron chi connectivity index (χ3n) is 6.60. The number of aryl methyl sites for hydroxylation is 4. The molecule has 0 radical (unpaired) electrons. The lowest BCUT2D eigenvalue weighted by atomic mass is 9.92. The minimum Gasteiger partial charge on any atom is -0.398 e. The van der Waals surface area contributed by atoms with Crippen molar-refractivity contribution in [1.29, 1.82) is 0 Å². The summed E-state index contributed by atoms with van der Waals surface area (Å²) in [7, 11) is 1.93. The predicted molar refractivity (Wildman–Crippen MR) is 137 cm³/mol. The van der Waals surface area contributed by atoms with Crippen molar-refractivity contribution in [1.82, 2.24) is 0 Å². The fraction of sp³-hybridized carbons (Fsp3) is 0.310. The number of hydrogen-bond donors (Lipinski definition) is 2. The monoisotopic (exact) mass is 412 g/mol. The molecule has 3 aromatic rings. The predicted octanol–water partition coefficient (Wildman–Crippen LogP) is 7.37. The molecule has 0 heterocycles. The summed E-state index contributed by atoms with van der Waals surface area (Å²) in [5, 5.41) is 3.16. The van der Waals surface area contributed by atoms with E-state index in [1.54, 1.807) is 0 Å². The Bertz CT molecular complexity index is 1070. The maximum absolute atomic E-state index is 5.96. The van der Waals surface area contributed by atoms with Crippen LogP contribution >= 0.6 is 0 Å². The van der Waals surface area contributed by atoms with Crippen LogP contribution in [0.3, 0.4) is 0 Å². The summed E-state index contributed by atoms with van der Waals surface area (Å²) in [6.07, 6.45) is 5.81. The van der Waals surface area contributed by atoms with E-state index in [9.17, 15) is 0 Å². The summed E-state index contributed by atoms with van der Waals surface area (Å²) >= 11 is 0. The molecule has 0 saturated heterocycles. The highest BCUT2D eigenvalue weighted by Gasteiger charge is 2.41. The molecule has 1 saturated carbocycles. The van der Waals surface area contributed by atoms with Gasteiger partial charge in [0.2, 0.25) is 0 Å². The van der Waals surface area contributed by atoms with Crippen molar-refractivity contribution >= 4 is 11.4 Å². The third kappa shape index (κ3) is 5.02. The first-order valence-electron chi connectivity index (χ1n) is 11.2. The van der Waals surface area contributed by atoms with E-state index in [0.717, 1.165) is 23.4 Å². The lowest BCUT2D eigenvalue weighted by Crippen LogP contribution is -2.02. The summed E-state index contributed by atoms with van der Waals surface area (Å²) in [6, 6.07) is 19.5. The quantitative estimate of drug-likeness (QED) is 0.339. The highest BCUT2D eigenvalue weighted by Crippen LogP contribution is 2.49. The number of hydrogen-bond acceptors (Lipinski definition) is 2. The van der Waals surface area contributed by atoms with Crippen LogP contribution in [0.2, 0.25) is 0 Å². The molecule has 0 amide bonds. The van der Waals surface area contributed by atoms with Gasteiger partial charge in [-0.1, -0.05) is 49.4 Å².